The standard InChI is InChI=1S/C17H23N3O2S/c1-13-2-3-16(22-13)4-5-17(21)19-14-6-8-20(9-7-14)10-15-11-23-12-18-15/h2-3,11-12,14H,4-10H2,1H3,(H,19,21). The van der Waals surface area contributed by atoms with E-state index >= 15 is 0 Å². The monoisotopic (exact) mass is 333 g/mol. The Balaban J connectivity index is 1.35. The van der Waals surface area contributed by atoms with E-state index in [2.05, 4.69) is 20.6 Å². The van der Waals surface area contributed by atoms with E-state index in [0.717, 1.165) is 49.7 Å². The summed E-state index contributed by atoms with van der Waals surface area (Å²) in [6.45, 7) is 4.87. The van der Waals surface area contributed by atoms with Crippen molar-refractivity contribution in [1.82, 2.24) is 15.2 Å². The first-order valence-electron chi connectivity index (χ1n) is 8.13. The summed E-state index contributed by atoms with van der Waals surface area (Å²) in [7, 11) is 0. The van der Waals surface area contributed by atoms with Gasteiger partial charge in [0.2, 0.25) is 5.91 Å². The molecule has 0 saturated carbocycles. The van der Waals surface area contributed by atoms with Crippen molar-refractivity contribution in [3.8, 4) is 0 Å². The Labute approximate surface area is 140 Å². The largest absolute Gasteiger partial charge is 0.466 e. The third kappa shape index (κ3) is 4.91. The van der Waals surface area contributed by atoms with Gasteiger partial charge in [-0.05, 0) is 31.9 Å². The van der Waals surface area contributed by atoms with E-state index in [-0.39, 0.29) is 5.91 Å². The molecule has 0 unspecified atom stereocenters. The Bertz CT molecular complexity index is 616. The average molecular weight is 333 g/mol. The van der Waals surface area contributed by atoms with Crippen LogP contribution >= 0.6 is 11.3 Å². The molecule has 0 aliphatic carbocycles. The number of hydrogen-bond donors (Lipinski definition) is 1. The number of nitrogens with zero attached hydrogens (tertiary/aromatic N) is 2. The fourth-order valence-corrected chi connectivity index (χ4v) is 3.49. The predicted octanol–water partition coefficient (Wildman–Crippen LogP) is 2.76. The van der Waals surface area contributed by atoms with E-state index < -0.39 is 0 Å². The van der Waals surface area contributed by atoms with Crippen molar-refractivity contribution in [1.29, 1.82) is 0 Å². The van der Waals surface area contributed by atoms with Gasteiger partial charge in [0.1, 0.15) is 11.5 Å². The first-order chi connectivity index (χ1) is 11.2. The van der Waals surface area contributed by atoms with Gasteiger partial charge in [-0.3, -0.25) is 9.69 Å². The van der Waals surface area contributed by atoms with Gasteiger partial charge in [0.15, 0.2) is 0 Å². The third-order valence-electron chi connectivity index (χ3n) is 4.22. The van der Waals surface area contributed by atoms with Gasteiger partial charge in [-0.2, -0.15) is 0 Å². The zero-order valence-electron chi connectivity index (χ0n) is 13.5. The molecule has 0 atom stereocenters. The van der Waals surface area contributed by atoms with Crippen molar-refractivity contribution >= 4 is 17.2 Å². The predicted molar refractivity (Wildman–Crippen MR) is 90.3 cm³/mol. The lowest BCUT2D eigenvalue weighted by atomic mass is 10.0. The van der Waals surface area contributed by atoms with Gasteiger partial charge in [-0.25, -0.2) is 4.98 Å². The van der Waals surface area contributed by atoms with E-state index in [0.29, 0.717) is 18.9 Å². The van der Waals surface area contributed by atoms with Crippen molar-refractivity contribution < 1.29 is 9.21 Å². The third-order valence-corrected chi connectivity index (χ3v) is 4.85. The normalized spacial score (nSPS) is 16.6. The number of thiazole rings is 1. The molecule has 2 aromatic rings. The lowest BCUT2D eigenvalue weighted by molar-refractivity contribution is -0.122. The summed E-state index contributed by atoms with van der Waals surface area (Å²) < 4.78 is 5.50. The summed E-state index contributed by atoms with van der Waals surface area (Å²) in [5.41, 5.74) is 3.02. The van der Waals surface area contributed by atoms with Gasteiger partial charge in [-0.15, -0.1) is 11.3 Å². The molecule has 3 rings (SSSR count). The van der Waals surface area contributed by atoms with Crippen LogP contribution in [0.15, 0.2) is 27.4 Å². The number of carbonyl (C=O) groups excluding carboxylic acids is 1. The number of hydrogen-bond acceptors (Lipinski definition) is 5. The van der Waals surface area contributed by atoms with Crippen molar-refractivity contribution in [3.05, 3.63) is 40.2 Å². The van der Waals surface area contributed by atoms with E-state index in [1.807, 2.05) is 24.6 Å². The Hall–Kier alpha value is -1.66. The zero-order valence-corrected chi connectivity index (χ0v) is 14.3. The quantitative estimate of drug-likeness (QED) is 0.883. The molecule has 0 radical (unpaired) electrons. The molecule has 0 spiro atoms. The van der Waals surface area contributed by atoms with Crippen LogP contribution in [0, 0.1) is 6.92 Å². The van der Waals surface area contributed by atoms with E-state index in [4.69, 9.17) is 4.42 Å². The number of nitrogens with one attached hydrogen (secondary N) is 1. The first kappa shape index (κ1) is 16.2. The smallest absolute Gasteiger partial charge is 0.220 e. The number of rotatable bonds is 6. The molecular formula is C17H23N3O2S. The molecule has 1 fully saturated rings. The number of amides is 1. The number of piperidine rings is 1. The second-order valence-corrected chi connectivity index (χ2v) is 6.83. The maximum Gasteiger partial charge on any atom is 0.220 e. The lowest BCUT2D eigenvalue weighted by Crippen LogP contribution is -2.44. The summed E-state index contributed by atoms with van der Waals surface area (Å²) in [5.74, 6) is 1.90. The zero-order chi connectivity index (χ0) is 16.1. The van der Waals surface area contributed by atoms with Gasteiger partial charge < -0.3 is 9.73 Å². The molecule has 23 heavy (non-hydrogen) atoms. The molecule has 3 heterocycles. The van der Waals surface area contributed by atoms with Gasteiger partial charge >= 0.3 is 0 Å². The van der Waals surface area contributed by atoms with Gasteiger partial charge in [0, 0.05) is 43.9 Å². The Morgan fingerprint density at radius 3 is 2.91 bits per heavy atom. The van der Waals surface area contributed by atoms with E-state index in [1.54, 1.807) is 11.3 Å². The Kier molecular flexibility index (Phi) is 5.46. The number of likely N-dealkylation sites (tertiary alicyclic amines) is 1. The fourth-order valence-electron chi connectivity index (χ4n) is 2.94. The molecule has 1 aliphatic rings. The van der Waals surface area contributed by atoms with Crippen LogP contribution in [-0.2, 0) is 17.8 Å². The highest BCUT2D eigenvalue weighted by atomic mass is 32.1. The SMILES string of the molecule is Cc1ccc(CCC(=O)NC2CCN(Cc3cscn3)CC2)o1. The van der Waals surface area contributed by atoms with Crippen LogP contribution in [0.4, 0.5) is 0 Å². The summed E-state index contributed by atoms with van der Waals surface area (Å²) in [6, 6.07) is 4.18. The summed E-state index contributed by atoms with van der Waals surface area (Å²) in [5, 5.41) is 5.26. The maximum atomic E-state index is 12.1. The topological polar surface area (TPSA) is 58.4 Å². The Morgan fingerprint density at radius 1 is 1.43 bits per heavy atom. The lowest BCUT2D eigenvalue weighted by Gasteiger charge is -2.31. The maximum absolute atomic E-state index is 12.1. The van der Waals surface area contributed by atoms with Crippen LogP contribution in [0.5, 0.6) is 0 Å². The van der Waals surface area contributed by atoms with Crippen LogP contribution in [0.3, 0.4) is 0 Å². The van der Waals surface area contributed by atoms with Gasteiger partial charge in [0.05, 0.1) is 11.2 Å². The van der Waals surface area contributed by atoms with Crippen molar-refractivity contribution in [3.63, 3.8) is 0 Å². The molecule has 0 aromatic carbocycles. The molecule has 2 aromatic heterocycles. The highest BCUT2D eigenvalue weighted by Gasteiger charge is 2.21. The van der Waals surface area contributed by atoms with Crippen LogP contribution in [0.1, 0.15) is 36.5 Å². The molecule has 0 bridgehead atoms. The molecule has 5 nitrogen and oxygen atoms in total. The minimum absolute atomic E-state index is 0.122. The molecule has 6 heteroatoms. The van der Waals surface area contributed by atoms with Gasteiger partial charge in [0.25, 0.3) is 0 Å². The van der Waals surface area contributed by atoms with Crippen molar-refractivity contribution in [2.24, 2.45) is 0 Å². The minimum atomic E-state index is 0.122. The molecule has 1 amide bonds. The molecular weight excluding hydrogens is 310 g/mol. The number of carbonyl (C=O) groups is 1. The second kappa shape index (κ2) is 7.75. The minimum Gasteiger partial charge on any atom is -0.466 e. The van der Waals surface area contributed by atoms with E-state index in [9.17, 15) is 4.79 Å². The van der Waals surface area contributed by atoms with Crippen molar-refractivity contribution in [2.75, 3.05) is 13.1 Å². The number of aromatic nitrogens is 1. The Morgan fingerprint density at radius 2 is 2.26 bits per heavy atom. The molecule has 1 saturated heterocycles. The number of furan rings is 1. The summed E-state index contributed by atoms with van der Waals surface area (Å²) in [4.78, 5) is 18.8. The first-order valence-corrected chi connectivity index (χ1v) is 9.07. The highest BCUT2D eigenvalue weighted by Crippen LogP contribution is 2.14. The van der Waals surface area contributed by atoms with E-state index in [1.165, 1.54) is 0 Å². The number of aryl methyl sites for hydroxylation is 2. The second-order valence-electron chi connectivity index (χ2n) is 6.11. The summed E-state index contributed by atoms with van der Waals surface area (Å²) >= 11 is 1.64. The van der Waals surface area contributed by atoms with Crippen LogP contribution in [-0.4, -0.2) is 34.9 Å². The van der Waals surface area contributed by atoms with Gasteiger partial charge in [-0.1, -0.05) is 0 Å². The molecule has 1 aliphatic heterocycles. The fraction of sp³-hybridized carbons (Fsp3) is 0.529. The summed E-state index contributed by atoms with van der Waals surface area (Å²) in [6.07, 6.45) is 3.18. The van der Waals surface area contributed by atoms with Crippen LogP contribution < -0.4 is 5.32 Å². The highest BCUT2D eigenvalue weighted by molar-refractivity contribution is 7.07. The molecule has 1 N–H and O–H groups in total. The van der Waals surface area contributed by atoms with Crippen LogP contribution in [0.25, 0.3) is 0 Å². The van der Waals surface area contributed by atoms with Crippen molar-refractivity contribution in [2.45, 2.75) is 45.2 Å². The molecule has 124 valence electrons. The average Bonchev–Trinajstić information content (AvgIpc) is 3.19. The van der Waals surface area contributed by atoms with Crippen LogP contribution in [0.2, 0.25) is 0 Å².